The maximum atomic E-state index is 9.09. The van der Waals surface area contributed by atoms with Crippen LogP contribution in [0.3, 0.4) is 0 Å². The Morgan fingerprint density at radius 3 is 2.50 bits per heavy atom. The molecule has 100 valence electrons. The van der Waals surface area contributed by atoms with Crippen LogP contribution in [0.25, 0.3) is 0 Å². The van der Waals surface area contributed by atoms with Gasteiger partial charge in [0.05, 0.1) is 17.3 Å². The molecule has 2 rings (SSSR count). The summed E-state index contributed by atoms with van der Waals surface area (Å²) in [5, 5.41) is 9.84. The van der Waals surface area contributed by atoms with Gasteiger partial charge >= 0.3 is 0 Å². The predicted octanol–water partition coefficient (Wildman–Crippen LogP) is 3.85. The second-order valence-corrected chi connectivity index (χ2v) is 6.00. The van der Waals surface area contributed by atoms with Crippen molar-refractivity contribution in [1.82, 2.24) is 0 Å². The van der Waals surface area contributed by atoms with Crippen LogP contribution in [0.2, 0.25) is 5.02 Å². The lowest BCUT2D eigenvalue weighted by molar-refractivity contribution is 0.238. The molecule has 1 aromatic carbocycles. The van der Waals surface area contributed by atoms with Crippen molar-refractivity contribution in [1.29, 1.82) is 0 Å². The molecule has 0 aromatic heterocycles. The SMILES string of the molecule is CCC1(C)CCN(c2ccc(CO)cc2Cl)CC1. The molecule has 1 aliphatic rings. The Hall–Kier alpha value is -0.730. The maximum Gasteiger partial charge on any atom is 0.0682 e. The average Bonchev–Trinajstić information content (AvgIpc) is 2.40. The monoisotopic (exact) mass is 267 g/mol. The van der Waals surface area contributed by atoms with E-state index in [0.29, 0.717) is 5.41 Å². The van der Waals surface area contributed by atoms with Gasteiger partial charge in [-0.15, -0.1) is 0 Å². The van der Waals surface area contributed by atoms with Gasteiger partial charge in [0.2, 0.25) is 0 Å². The van der Waals surface area contributed by atoms with Crippen molar-refractivity contribution in [2.45, 2.75) is 39.7 Å². The Morgan fingerprint density at radius 2 is 2.00 bits per heavy atom. The summed E-state index contributed by atoms with van der Waals surface area (Å²) in [5.74, 6) is 0. The van der Waals surface area contributed by atoms with Crippen LogP contribution in [-0.4, -0.2) is 18.2 Å². The van der Waals surface area contributed by atoms with Crippen LogP contribution in [0.5, 0.6) is 0 Å². The molecule has 0 saturated carbocycles. The Labute approximate surface area is 115 Å². The standard InChI is InChI=1S/C15H22ClNO/c1-3-15(2)6-8-17(9-7-15)14-5-4-12(11-18)10-13(14)16/h4-5,10,18H,3,6-9,11H2,1-2H3. The maximum absolute atomic E-state index is 9.09. The summed E-state index contributed by atoms with van der Waals surface area (Å²) in [7, 11) is 0. The van der Waals surface area contributed by atoms with E-state index in [9.17, 15) is 0 Å². The highest BCUT2D eigenvalue weighted by molar-refractivity contribution is 6.33. The Morgan fingerprint density at radius 1 is 1.33 bits per heavy atom. The molecule has 0 spiro atoms. The van der Waals surface area contributed by atoms with Crippen LogP contribution < -0.4 is 4.90 Å². The summed E-state index contributed by atoms with van der Waals surface area (Å²) >= 11 is 6.29. The number of anilines is 1. The minimum atomic E-state index is 0.0495. The topological polar surface area (TPSA) is 23.5 Å². The van der Waals surface area contributed by atoms with Crippen LogP contribution in [0.4, 0.5) is 5.69 Å². The molecule has 0 amide bonds. The normalized spacial score (nSPS) is 19.0. The van der Waals surface area contributed by atoms with Crippen molar-refractivity contribution >= 4 is 17.3 Å². The third-order valence-corrected chi connectivity index (χ3v) is 4.66. The predicted molar refractivity (Wildman–Crippen MR) is 77.2 cm³/mol. The first kappa shape index (κ1) is 13.7. The van der Waals surface area contributed by atoms with E-state index in [-0.39, 0.29) is 6.61 Å². The number of benzene rings is 1. The number of nitrogens with zero attached hydrogens (tertiary/aromatic N) is 1. The zero-order valence-corrected chi connectivity index (χ0v) is 12.0. The summed E-state index contributed by atoms with van der Waals surface area (Å²) in [6, 6.07) is 5.85. The second kappa shape index (κ2) is 5.50. The minimum Gasteiger partial charge on any atom is -0.392 e. The average molecular weight is 268 g/mol. The van der Waals surface area contributed by atoms with E-state index in [2.05, 4.69) is 18.7 Å². The smallest absolute Gasteiger partial charge is 0.0682 e. The molecule has 1 N–H and O–H groups in total. The van der Waals surface area contributed by atoms with Crippen molar-refractivity contribution in [2.75, 3.05) is 18.0 Å². The first-order chi connectivity index (χ1) is 8.58. The van der Waals surface area contributed by atoms with E-state index in [0.717, 1.165) is 29.4 Å². The molecular weight excluding hydrogens is 246 g/mol. The zero-order chi connectivity index (χ0) is 13.2. The third kappa shape index (κ3) is 2.81. The lowest BCUT2D eigenvalue weighted by Gasteiger charge is -2.40. The van der Waals surface area contributed by atoms with Gasteiger partial charge in [-0.2, -0.15) is 0 Å². The molecule has 1 fully saturated rings. The van der Waals surface area contributed by atoms with Gasteiger partial charge in [0.1, 0.15) is 0 Å². The van der Waals surface area contributed by atoms with Gasteiger partial charge in [0, 0.05) is 13.1 Å². The number of hydrogen-bond acceptors (Lipinski definition) is 2. The van der Waals surface area contributed by atoms with Crippen molar-refractivity contribution in [3.8, 4) is 0 Å². The van der Waals surface area contributed by atoms with E-state index in [1.165, 1.54) is 19.3 Å². The molecule has 0 bridgehead atoms. The summed E-state index contributed by atoms with van der Waals surface area (Å²) in [5.41, 5.74) is 2.47. The Kier molecular flexibility index (Phi) is 4.18. The molecule has 0 aliphatic carbocycles. The van der Waals surface area contributed by atoms with Gasteiger partial charge in [0.15, 0.2) is 0 Å². The molecule has 1 heterocycles. The molecule has 2 nitrogen and oxygen atoms in total. The summed E-state index contributed by atoms with van der Waals surface area (Å²) < 4.78 is 0. The molecule has 0 atom stereocenters. The van der Waals surface area contributed by atoms with Gasteiger partial charge < -0.3 is 10.0 Å². The molecular formula is C15H22ClNO. The fourth-order valence-electron chi connectivity index (χ4n) is 2.55. The largest absolute Gasteiger partial charge is 0.392 e. The molecule has 3 heteroatoms. The number of piperidine rings is 1. The van der Waals surface area contributed by atoms with Crippen molar-refractivity contribution in [2.24, 2.45) is 5.41 Å². The minimum absolute atomic E-state index is 0.0495. The summed E-state index contributed by atoms with van der Waals surface area (Å²) in [6.07, 6.45) is 3.70. The van der Waals surface area contributed by atoms with E-state index < -0.39 is 0 Å². The van der Waals surface area contributed by atoms with Gasteiger partial charge in [0.25, 0.3) is 0 Å². The second-order valence-electron chi connectivity index (χ2n) is 5.60. The third-order valence-electron chi connectivity index (χ3n) is 4.36. The van der Waals surface area contributed by atoms with Crippen LogP contribution in [0.15, 0.2) is 18.2 Å². The lowest BCUT2D eigenvalue weighted by Crippen LogP contribution is -2.38. The molecule has 0 unspecified atom stereocenters. The number of rotatable bonds is 3. The van der Waals surface area contributed by atoms with Crippen LogP contribution in [0, 0.1) is 5.41 Å². The Balaban J connectivity index is 2.10. The van der Waals surface area contributed by atoms with Crippen molar-refractivity contribution in [3.05, 3.63) is 28.8 Å². The van der Waals surface area contributed by atoms with Crippen LogP contribution >= 0.6 is 11.6 Å². The van der Waals surface area contributed by atoms with E-state index >= 15 is 0 Å². The van der Waals surface area contributed by atoms with E-state index in [1.807, 2.05) is 18.2 Å². The quantitative estimate of drug-likeness (QED) is 0.899. The molecule has 1 saturated heterocycles. The molecule has 1 aliphatic heterocycles. The summed E-state index contributed by atoms with van der Waals surface area (Å²) in [6.45, 7) is 6.85. The van der Waals surface area contributed by atoms with Gasteiger partial charge in [-0.1, -0.05) is 37.9 Å². The van der Waals surface area contributed by atoms with Crippen molar-refractivity contribution in [3.63, 3.8) is 0 Å². The Bertz CT molecular complexity index is 411. The highest BCUT2D eigenvalue weighted by Crippen LogP contribution is 2.37. The zero-order valence-electron chi connectivity index (χ0n) is 11.2. The first-order valence-corrected chi connectivity index (χ1v) is 7.10. The van der Waals surface area contributed by atoms with Crippen LogP contribution in [0.1, 0.15) is 38.7 Å². The molecule has 1 aromatic rings. The number of hydrogen-bond donors (Lipinski definition) is 1. The first-order valence-electron chi connectivity index (χ1n) is 6.72. The van der Waals surface area contributed by atoms with E-state index in [4.69, 9.17) is 16.7 Å². The highest BCUT2D eigenvalue weighted by atomic mass is 35.5. The van der Waals surface area contributed by atoms with Gasteiger partial charge in [-0.05, 0) is 36.0 Å². The van der Waals surface area contributed by atoms with E-state index in [1.54, 1.807) is 0 Å². The van der Waals surface area contributed by atoms with Gasteiger partial charge in [-0.3, -0.25) is 0 Å². The van der Waals surface area contributed by atoms with Crippen LogP contribution in [-0.2, 0) is 6.61 Å². The molecule has 0 radical (unpaired) electrons. The van der Waals surface area contributed by atoms with Gasteiger partial charge in [-0.25, -0.2) is 0 Å². The highest BCUT2D eigenvalue weighted by Gasteiger charge is 2.28. The molecule has 18 heavy (non-hydrogen) atoms. The summed E-state index contributed by atoms with van der Waals surface area (Å²) in [4.78, 5) is 2.36. The lowest BCUT2D eigenvalue weighted by atomic mass is 9.78. The number of halogens is 1. The van der Waals surface area contributed by atoms with Crippen molar-refractivity contribution < 1.29 is 5.11 Å². The fourth-order valence-corrected chi connectivity index (χ4v) is 2.87. The number of aliphatic hydroxyl groups excluding tert-OH is 1. The number of aliphatic hydroxyl groups is 1. The fraction of sp³-hybridized carbons (Fsp3) is 0.600.